The molecule has 1 heterocycles. The summed E-state index contributed by atoms with van der Waals surface area (Å²) in [5.41, 5.74) is 1.09. The molecule has 0 unspecified atom stereocenters. The van der Waals surface area contributed by atoms with E-state index in [1.165, 1.54) is 69.5 Å². The lowest BCUT2D eigenvalue weighted by atomic mass is 9.73. The van der Waals surface area contributed by atoms with Gasteiger partial charge in [0.1, 0.15) is 5.75 Å². The molecule has 1 aliphatic heterocycles. The number of unbranched alkanes of at least 4 members (excludes halogenated alkanes) is 1. The summed E-state index contributed by atoms with van der Waals surface area (Å²) in [5, 5.41) is 0. The van der Waals surface area contributed by atoms with Crippen LogP contribution in [0.25, 0.3) is 0 Å². The molecule has 2 aliphatic rings. The third-order valence-corrected chi connectivity index (χ3v) is 11.0. The van der Waals surface area contributed by atoms with Crippen molar-refractivity contribution in [2.24, 2.45) is 17.8 Å². The number of ether oxygens (including phenoxy) is 1. The Bertz CT molecular complexity index is 585. The maximum Gasteiger partial charge on any atom is 0.573 e. The molecular weight excluding hydrogens is 389 g/mol. The molecule has 1 aromatic carbocycles. The molecule has 0 radical (unpaired) electrons. The van der Waals surface area contributed by atoms with Crippen molar-refractivity contribution in [2.75, 3.05) is 0 Å². The summed E-state index contributed by atoms with van der Waals surface area (Å²) in [6.07, 6.45) is 8.79. The SMILES string of the molecule is CC[SiH]1CCC(C2CCC(CCCCc3ccc(OC(F)(F)F)cc3)CC2)CC1. The highest BCUT2D eigenvalue weighted by Gasteiger charge is 2.31. The Labute approximate surface area is 176 Å². The van der Waals surface area contributed by atoms with Gasteiger partial charge in [0.15, 0.2) is 0 Å². The fourth-order valence-electron chi connectivity index (χ4n) is 5.64. The van der Waals surface area contributed by atoms with Gasteiger partial charge in [0.2, 0.25) is 0 Å². The summed E-state index contributed by atoms with van der Waals surface area (Å²) < 4.78 is 40.5. The van der Waals surface area contributed by atoms with E-state index < -0.39 is 6.36 Å². The van der Waals surface area contributed by atoms with E-state index in [-0.39, 0.29) is 14.5 Å². The summed E-state index contributed by atoms with van der Waals surface area (Å²) in [6, 6.07) is 11.0. The number of aryl methyl sites for hydroxylation is 1. The average molecular weight is 427 g/mol. The summed E-state index contributed by atoms with van der Waals surface area (Å²) in [7, 11) is -0.325. The van der Waals surface area contributed by atoms with Crippen molar-refractivity contribution in [3.63, 3.8) is 0 Å². The number of benzene rings is 1. The lowest BCUT2D eigenvalue weighted by Gasteiger charge is -2.37. The molecule has 0 spiro atoms. The minimum atomic E-state index is -4.61. The Kier molecular flexibility index (Phi) is 8.52. The molecule has 5 heteroatoms. The molecule has 1 saturated carbocycles. The summed E-state index contributed by atoms with van der Waals surface area (Å²) in [4.78, 5) is 0. The molecule has 29 heavy (non-hydrogen) atoms. The Hall–Kier alpha value is -0.973. The number of hydrogen-bond donors (Lipinski definition) is 0. The van der Waals surface area contributed by atoms with Crippen LogP contribution < -0.4 is 4.74 Å². The first kappa shape index (κ1) is 22.7. The largest absolute Gasteiger partial charge is 0.573 e. The predicted octanol–water partition coefficient (Wildman–Crippen LogP) is 7.76. The van der Waals surface area contributed by atoms with Gasteiger partial charge in [-0.05, 0) is 61.1 Å². The third kappa shape index (κ3) is 7.65. The molecule has 164 valence electrons. The van der Waals surface area contributed by atoms with E-state index in [0.29, 0.717) is 0 Å². The molecule has 2 fully saturated rings. The van der Waals surface area contributed by atoms with Gasteiger partial charge in [-0.15, -0.1) is 13.2 Å². The molecule has 1 nitrogen and oxygen atoms in total. The van der Waals surface area contributed by atoms with Crippen molar-refractivity contribution < 1.29 is 17.9 Å². The molecule has 0 aromatic heterocycles. The summed E-state index contributed by atoms with van der Waals surface area (Å²) in [5.74, 6) is 2.81. The number of alkyl halides is 3. The Morgan fingerprint density at radius 2 is 1.52 bits per heavy atom. The van der Waals surface area contributed by atoms with E-state index in [4.69, 9.17) is 0 Å². The molecule has 0 atom stereocenters. The highest BCUT2D eigenvalue weighted by Crippen LogP contribution is 2.41. The van der Waals surface area contributed by atoms with Crippen LogP contribution in [0.2, 0.25) is 18.1 Å². The van der Waals surface area contributed by atoms with Gasteiger partial charge in [0, 0.05) is 8.80 Å². The Balaban J connectivity index is 1.28. The first-order valence-corrected chi connectivity index (χ1v) is 14.2. The van der Waals surface area contributed by atoms with Crippen molar-refractivity contribution in [2.45, 2.75) is 95.6 Å². The van der Waals surface area contributed by atoms with Crippen molar-refractivity contribution in [3.05, 3.63) is 29.8 Å². The predicted molar refractivity (Wildman–Crippen MR) is 116 cm³/mol. The molecular formula is C24H37F3OSi. The van der Waals surface area contributed by atoms with Crippen LogP contribution in [0.5, 0.6) is 5.75 Å². The van der Waals surface area contributed by atoms with Gasteiger partial charge < -0.3 is 4.74 Å². The summed E-state index contributed by atoms with van der Waals surface area (Å²) in [6.45, 7) is 2.40. The topological polar surface area (TPSA) is 9.23 Å². The van der Waals surface area contributed by atoms with Crippen molar-refractivity contribution in [3.8, 4) is 5.75 Å². The maximum absolute atomic E-state index is 12.2. The third-order valence-electron chi connectivity index (χ3n) is 7.51. The first-order valence-electron chi connectivity index (χ1n) is 11.8. The normalized spacial score (nSPS) is 28.3. The van der Waals surface area contributed by atoms with Gasteiger partial charge in [0.05, 0.1) is 0 Å². The molecule has 0 bridgehead atoms. The number of rotatable bonds is 8. The zero-order valence-electron chi connectivity index (χ0n) is 17.9. The smallest absolute Gasteiger partial charge is 0.406 e. The van der Waals surface area contributed by atoms with Crippen LogP contribution in [-0.2, 0) is 6.42 Å². The molecule has 1 aliphatic carbocycles. The van der Waals surface area contributed by atoms with Crippen LogP contribution in [0, 0.1) is 17.8 Å². The highest BCUT2D eigenvalue weighted by molar-refractivity contribution is 6.58. The van der Waals surface area contributed by atoms with E-state index in [1.54, 1.807) is 24.2 Å². The van der Waals surface area contributed by atoms with E-state index in [2.05, 4.69) is 11.7 Å². The maximum atomic E-state index is 12.2. The number of hydrogen-bond acceptors (Lipinski definition) is 1. The second kappa shape index (κ2) is 10.9. The van der Waals surface area contributed by atoms with Crippen LogP contribution in [0.15, 0.2) is 24.3 Å². The second-order valence-corrected chi connectivity index (χ2v) is 13.1. The monoisotopic (exact) mass is 426 g/mol. The molecule has 3 rings (SSSR count). The zero-order valence-corrected chi connectivity index (χ0v) is 19.0. The van der Waals surface area contributed by atoms with Gasteiger partial charge in [-0.3, -0.25) is 0 Å². The van der Waals surface area contributed by atoms with E-state index in [9.17, 15) is 13.2 Å². The van der Waals surface area contributed by atoms with Gasteiger partial charge in [-0.25, -0.2) is 0 Å². The Morgan fingerprint density at radius 3 is 2.10 bits per heavy atom. The van der Waals surface area contributed by atoms with Gasteiger partial charge >= 0.3 is 6.36 Å². The van der Waals surface area contributed by atoms with Gasteiger partial charge in [-0.2, -0.15) is 0 Å². The van der Waals surface area contributed by atoms with E-state index in [1.807, 2.05) is 0 Å². The minimum Gasteiger partial charge on any atom is -0.406 e. The molecule has 0 N–H and O–H groups in total. The quantitative estimate of drug-likeness (QED) is 0.305. The molecule has 0 amide bonds. The summed E-state index contributed by atoms with van der Waals surface area (Å²) >= 11 is 0. The van der Waals surface area contributed by atoms with Crippen molar-refractivity contribution >= 4 is 8.80 Å². The van der Waals surface area contributed by atoms with Crippen molar-refractivity contribution in [1.29, 1.82) is 0 Å². The molecule has 1 aromatic rings. The van der Waals surface area contributed by atoms with Gasteiger partial charge in [-0.1, -0.05) is 75.7 Å². The fourth-order valence-corrected chi connectivity index (χ4v) is 8.54. The van der Waals surface area contributed by atoms with Crippen LogP contribution in [0.1, 0.15) is 70.3 Å². The van der Waals surface area contributed by atoms with E-state index in [0.717, 1.165) is 36.2 Å². The standard InChI is InChI=1S/C24H37F3OSi/c1-2-29-17-15-22(16-18-29)21-11-7-19(8-12-21)5-3-4-6-20-9-13-23(14-10-20)28-24(25,26)27/h9-10,13-14,19,21-22,29H,2-8,11-12,15-18H2,1H3. The fraction of sp³-hybridized carbons (Fsp3) is 0.750. The lowest BCUT2D eigenvalue weighted by molar-refractivity contribution is -0.274. The second-order valence-electron chi connectivity index (χ2n) is 9.41. The highest BCUT2D eigenvalue weighted by atomic mass is 28.3. The number of halogens is 3. The average Bonchev–Trinajstić information content (AvgIpc) is 2.72. The minimum absolute atomic E-state index is 0.136. The molecule has 1 saturated heterocycles. The van der Waals surface area contributed by atoms with E-state index >= 15 is 0 Å². The lowest BCUT2D eigenvalue weighted by Crippen LogP contribution is -2.28. The van der Waals surface area contributed by atoms with Gasteiger partial charge in [0.25, 0.3) is 0 Å². The first-order chi connectivity index (χ1) is 13.9. The van der Waals surface area contributed by atoms with Crippen LogP contribution in [0.3, 0.4) is 0 Å². The van der Waals surface area contributed by atoms with Crippen LogP contribution >= 0.6 is 0 Å². The van der Waals surface area contributed by atoms with Crippen LogP contribution in [-0.4, -0.2) is 15.2 Å². The van der Waals surface area contributed by atoms with Crippen molar-refractivity contribution in [1.82, 2.24) is 0 Å². The Morgan fingerprint density at radius 1 is 0.897 bits per heavy atom. The zero-order chi connectivity index (χ0) is 20.7. The van der Waals surface area contributed by atoms with Crippen LogP contribution in [0.4, 0.5) is 13.2 Å².